The van der Waals surface area contributed by atoms with Crippen molar-refractivity contribution in [3.8, 4) is 0 Å². The lowest BCUT2D eigenvalue weighted by atomic mass is 9.71. The third-order valence-corrected chi connectivity index (χ3v) is 9.87. The number of carboxylic acid groups (broad SMARTS) is 1. The van der Waals surface area contributed by atoms with Gasteiger partial charge in [-0.25, -0.2) is 0 Å². The summed E-state index contributed by atoms with van der Waals surface area (Å²) in [4.78, 5) is 43.8. The van der Waals surface area contributed by atoms with Gasteiger partial charge in [-0.2, -0.15) is 0 Å². The second kappa shape index (κ2) is 9.57. The quantitative estimate of drug-likeness (QED) is 0.508. The van der Waals surface area contributed by atoms with Crippen LogP contribution in [0.15, 0.2) is 67.3 Å². The summed E-state index contributed by atoms with van der Waals surface area (Å²) in [6.07, 6.45) is 2.80. The first kappa shape index (κ1) is 24.9. The molecular weight excluding hydrogens is 500 g/mol. The Morgan fingerprint density at radius 1 is 1.22 bits per heavy atom. The molecule has 2 bridgehead atoms. The molecule has 5 rings (SSSR count). The summed E-state index contributed by atoms with van der Waals surface area (Å²) in [7, 11) is 0. The number of carbonyl (C=O) groups is 3. The van der Waals surface area contributed by atoms with Gasteiger partial charge in [0.15, 0.2) is 0 Å². The van der Waals surface area contributed by atoms with Crippen LogP contribution in [0.3, 0.4) is 0 Å². The second-order valence-electron chi connectivity index (χ2n) is 9.46. The van der Waals surface area contributed by atoms with E-state index in [9.17, 15) is 24.6 Å². The zero-order chi connectivity index (χ0) is 25.6. The Hall–Kier alpha value is -2.81. The number of carbonyl (C=O) groups excluding carboxylic acids is 2. The number of halogens is 1. The van der Waals surface area contributed by atoms with Crippen molar-refractivity contribution < 1.29 is 24.6 Å². The molecule has 9 heteroatoms. The molecule has 3 aliphatic heterocycles. The third-order valence-electron chi connectivity index (χ3n) is 7.67. The summed E-state index contributed by atoms with van der Waals surface area (Å²) in [5, 5.41) is 20.8. The number of thioether (sulfide) groups is 1. The van der Waals surface area contributed by atoms with E-state index in [0.29, 0.717) is 29.1 Å². The number of hydrogen-bond acceptors (Lipinski definition) is 5. The number of carboxylic acids is 1. The van der Waals surface area contributed by atoms with Crippen molar-refractivity contribution in [1.29, 1.82) is 0 Å². The largest absolute Gasteiger partial charge is 0.481 e. The molecule has 1 spiro atoms. The normalized spacial score (nSPS) is 29.2. The summed E-state index contributed by atoms with van der Waals surface area (Å²) < 4.78 is -0.879. The minimum Gasteiger partial charge on any atom is -0.481 e. The van der Waals surface area contributed by atoms with Gasteiger partial charge in [0, 0.05) is 22.5 Å². The topological polar surface area (TPSA) is 98.2 Å². The van der Waals surface area contributed by atoms with Gasteiger partial charge < -0.3 is 20.0 Å². The molecule has 0 saturated carbocycles. The van der Waals surface area contributed by atoms with E-state index in [-0.39, 0.29) is 23.6 Å². The van der Waals surface area contributed by atoms with Crippen molar-refractivity contribution in [3.63, 3.8) is 0 Å². The molecule has 3 aliphatic rings. The number of aliphatic hydroxyl groups excluding tert-OH is 1. The summed E-state index contributed by atoms with van der Waals surface area (Å²) in [5.74, 6) is -3.41. The van der Waals surface area contributed by atoms with Crippen molar-refractivity contribution in [2.75, 3.05) is 18.1 Å². The number of benzene rings is 2. The Kier molecular flexibility index (Phi) is 6.61. The molecule has 0 aliphatic carbocycles. The van der Waals surface area contributed by atoms with Crippen molar-refractivity contribution in [3.05, 3.63) is 77.8 Å². The van der Waals surface area contributed by atoms with Crippen LogP contribution in [0.25, 0.3) is 0 Å². The molecule has 2 amide bonds. The van der Waals surface area contributed by atoms with Crippen LogP contribution in [-0.4, -0.2) is 62.1 Å². The van der Waals surface area contributed by atoms with Gasteiger partial charge in [0.1, 0.15) is 6.04 Å². The molecule has 188 valence electrons. The van der Waals surface area contributed by atoms with Gasteiger partial charge in [0.2, 0.25) is 5.91 Å². The molecule has 3 heterocycles. The number of fused-ring (bicyclic) bond motifs is 1. The van der Waals surface area contributed by atoms with Crippen LogP contribution < -0.4 is 4.90 Å². The molecule has 36 heavy (non-hydrogen) atoms. The van der Waals surface area contributed by atoms with E-state index in [0.717, 1.165) is 0 Å². The smallest absolute Gasteiger partial charge is 0.308 e. The Morgan fingerprint density at radius 2 is 1.92 bits per heavy atom. The van der Waals surface area contributed by atoms with Crippen LogP contribution in [0.4, 0.5) is 5.69 Å². The van der Waals surface area contributed by atoms with Crippen LogP contribution >= 0.6 is 23.4 Å². The maximum atomic E-state index is 14.4. The number of anilines is 1. The predicted molar refractivity (Wildman–Crippen MR) is 139 cm³/mol. The molecule has 2 aromatic carbocycles. The SMILES string of the molecule is C=CCN(C(=O)C1N([C@H](CO)c2ccccc2)C(=O)[C@@H]2[C@@H](C(=O)O)[C@H]3CCC12S3)c1ccc(Cl)cc1. The summed E-state index contributed by atoms with van der Waals surface area (Å²) >= 11 is 7.54. The van der Waals surface area contributed by atoms with Crippen LogP contribution in [0.5, 0.6) is 0 Å². The van der Waals surface area contributed by atoms with Crippen molar-refractivity contribution in [2.45, 2.75) is 34.9 Å². The lowest BCUT2D eigenvalue weighted by Crippen LogP contribution is -2.55. The Morgan fingerprint density at radius 3 is 2.53 bits per heavy atom. The van der Waals surface area contributed by atoms with Gasteiger partial charge in [0.05, 0.1) is 29.2 Å². The molecule has 6 atom stereocenters. The number of rotatable bonds is 8. The van der Waals surface area contributed by atoms with E-state index in [1.807, 2.05) is 18.2 Å². The van der Waals surface area contributed by atoms with E-state index in [1.165, 1.54) is 16.7 Å². The lowest BCUT2D eigenvalue weighted by molar-refractivity contribution is -0.149. The minimum absolute atomic E-state index is 0.200. The van der Waals surface area contributed by atoms with Gasteiger partial charge >= 0.3 is 5.97 Å². The first-order valence-electron chi connectivity index (χ1n) is 11.9. The predicted octanol–water partition coefficient (Wildman–Crippen LogP) is 3.77. The first-order chi connectivity index (χ1) is 17.3. The standard InChI is InChI=1S/C27H27ClN2O5S/c1-2-14-29(18-10-8-17(28)9-11-18)25(33)23-27-13-12-20(36-27)21(26(34)35)22(27)24(32)30(23)19(15-31)16-6-4-3-5-7-16/h2-11,19-23,31H,1,12-15H2,(H,34,35)/t19-,20-,21+,22+,23?,27?/m1/s1. The van der Waals surface area contributed by atoms with E-state index in [1.54, 1.807) is 47.4 Å². The highest BCUT2D eigenvalue weighted by Crippen LogP contribution is 2.67. The molecular formula is C27H27ClN2O5S. The lowest BCUT2D eigenvalue weighted by Gasteiger charge is -2.39. The van der Waals surface area contributed by atoms with Gasteiger partial charge in [-0.15, -0.1) is 18.3 Å². The van der Waals surface area contributed by atoms with Crippen LogP contribution in [0, 0.1) is 11.8 Å². The summed E-state index contributed by atoms with van der Waals surface area (Å²) in [5.41, 5.74) is 1.29. The van der Waals surface area contributed by atoms with Crippen molar-refractivity contribution in [1.82, 2.24) is 4.90 Å². The maximum Gasteiger partial charge on any atom is 0.308 e. The van der Waals surface area contributed by atoms with E-state index >= 15 is 0 Å². The highest BCUT2D eigenvalue weighted by molar-refractivity contribution is 8.02. The highest BCUT2D eigenvalue weighted by atomic mass is 35.5. The number of amides is 2. The van der Waals surface area contributed by atoms with Gasteiger partial charge in [-0.1, -0.05) is 48.0 Å². The van der Waals surface area contributed by atoms with E-state index < -0.39 is 41.2 Å². The Labute approximate surface area is 218 Å². The number of nitrogens with zero attached hydrogens (tertiary/aromatic N) is 2. The van der Waals surface area contributed by atoms with Gasteiger partial charge in [-0.05, 0) is 42.7 Å². The van der Waals surface area contributed by atoms with Crippen molar-refractivity contribution >= 4 is 46.8 Å². The molecule has 3 fully saturated rings. The minimum atomic E-state index is -1.01. The fraction of sp³-hybridized carbons (Fsp3) is 0.370. The molecule has 2 aromatic rings. The average molecular weight is 527 g/mol. The van der Waals surface area contributed by atoms with E-state index in [4.69, 9.17) is 11.6 Å². The van der Waals surface area contributed by atoms with Crippen LogP contribution in [0.1, 0.15) is 24.4 Å². The second-order valence-corrected chi connectivity index (χ2v) is 11.5. The number of hydrogen-bond donors (Lipinski definition) is 2. The van der Waals surface area contributed by atoms with Gasteiger partial charge in [0.25, 0.3) is 5.91 Å². The molecule has 2 N–H and O–H groups in total. The summed E-state index contributed by atoms with van der Waals surface area (Å²) in [6.45, 7) is 3.62. The number of likely N-dealkylation sites (tertiary alicyclic amines) is 1. The zero-order valence-electron chi connectivity index (χ0n) is 19.5. The van der Waals surface area contributed by atoms with Crippen molar-refractivity contribution in [2.24, 2.45) is 11.8 Å². The fourth-order valence-corrected chi connectivity index (χ4v) is 8.56. The molecule has 3 saturated heterocycles. The number of aliphatic carboxylic acids is 1. The number of aliphatic hydroxyl groups is 1. The van der Waals surface area contributed by atoms with Crippen LogP contribution in [0.2, 0.25) is 5.02 Å². The molecule has 2 unspecified atom stereocenters. The average Bonchev–Trinajstić information content (AvgIpc) is 3.52. The first-order valence-corrected chi connectivity index (χ1v) is 13.2. The van der Waals surface area contributed by atoms with E-state index in [2.05, 4.69) is 6.58 Å². The monoisotopic (exact) mass is 526 g/mol. The maximum absolute atomic E-state index is 14.4. The summed E-state index contributed by atoms with van der Waals surface area (Å²) in [6, 6.07) is 14.2. The highest BCUT2D eigenvalue weighted by Gasteiger charge is 2.74. The fourth-order valence-electron chi connectivity index (χ4n) is 6.24. The third kappa shape index (κ3) is 3.74. The molecule has 0 aromatic heterocycles. The van der Waals surface area contributed by atoms with Crippen LogP contribution in [-0.2, 0) is 14.4 Å². The Balaban J connectivity index is 1.65. The molecule has 0 radical (unpaired) electrons. The zero-order valence-corrected chi connectivity index (χ0v) is 21.1. The molecule has 7 nitrogen and oxygen atoms in total. The Bertz CT molecular complexity index is 1190. The van der Waals surface area contributed by atoms with Gasteiger partial charge in [-0.3, -0.25) is 14.4 Å².